The first kappa shape index (κ1) is 66.9. The van der Waals surface area contributed by atoms with E-state index in [1.807, 2.05) is 104 Å². The summed E-state index contributed by atoms with van der Waals surface area (Å²) in [6.45, 7) is 23.4. The smallest absolute Gasteiger partial charge is 0.329 e. The Bertz CT molecular complexity index is 2250. The summed E-state index contributed by atoms with van der Waals surface area (Å²) in [5, 5.41) is 0. The Kier molecular flexibility index (Phi) is 25.9. The van der Waals surface area contributed by atoms with Gasteiger partial charge in [-0.3, -0.25) is 29.0 Å². The first-order chi connectivity index (χ1) is 38.7. The van der Waals surface area contributed by atoms with Gasteiger partial charge in [-0.2, -0.15) is 0 Å². The third kappa shape index (κ3) is 19.6. The maximum absolute atomic E-state index is 15.0. The molecule has 3 aliphatic rings. The lowest BCUT2D eigenvalue weighted by Gasteiger charge is -2.35. The van der Waals surface area contributed by atoms with Crippen molar-refractivity contribution in [2.24, 2.45) is 23.7 Å². The number of rotatable bonds is 16. The lowest BCUT2D eigenvalue weighted by Crippen LogP contribution is -2.55. The summed E-state index contributed by atoms with van der Waals surface area (Å²) in [6.07, 6.45) is 1.39. The zero-order chi connectivity index (χ0) is 60.5. The highest BCUT2D eigenvalue weighted by atomic mass is 16.6. The molecule has 456 valence electrons. The molecule has 0 aliphatic carbocycles. The summed E-state index contributed by atoms with van der Waals surface area (Å²) in [7, 11) is 5.69. The maximum atomic E-state index is 15.0. The number of likely N-dealkylation sites (tertiary alicyclic amines) is 2. The molecule has 18 nitrogen and oxygen atoms in total. The second-order valence-corrected chi connectivity index (χ2v) is 25.1. The molecule has 0 bridgehead atoms. The van der Waals surface area contributed by atoms with Gasteiger partial charge in [0.25, 0.3) is 23.6 Å². The van der Waals surface area contributed by atoms with Crippen molar-refractivity contribution in [1.29, 1.82) is 0 Å². The van der Waals surface area contributed by atoms with Gasteiger partial charge in [0.15, 0.2) is 24.4 Å². The number of hydrogen-bond acceptors (Lipinski definition) is 14. The topological polar surface area (TPSA) is 193 Å². The second kappa shape index (κ2) is 31.7. The van der Waals surface area contributed by atoms with Crippen LogP contribution in [-0.2, 0) is 83.2 Å². The van der Waals surface area contributed by atoms with E-state index in [0.717, 1.165) is 76.1 Å². The molecular weight excluding hydrogens is 1040 g/mol. The van der Waals surface area contributed by atoms with Crippen LogP contribution in [0.4, 0.5) is 0 Å². The molecule has 82 heavy (non-hydrogen) atoms. The van der Waals surface area contributed by atoms with Crippen LogP contribution in [0.3, 0.4) is 0 Å². The number of esters is 4. The van der Waals surface area contributed by atoms with E-state index in [1.54, 1.807) is 0 Å². The summed E-state index contributed by atoms with van der Waals surface area (Å²) >= 11 is 0. The van der Waals surface area contributed by atoms with Crippen LogP contribution in [0.5, 0.6) is 0 Å². The second-order valence-electron chi connectivity index (χ2n) is 25.1. The average Bonchev–Trinajstić information content (AvgIpc) is 3.49. The Balaban J connectivity index is 1.57. The van der Waals surface area contributed by atoms with E-state index in [-0.39, 0.29) is 62.2 Å². The molecule has 3 saturated heterocycles. The molecule has 0 radical (unpaired) electrons. The highest BCUT2D eigenvalue weighted by Gasteiger charge is 2.43. The normalized spacial score (nSPS) is 25.7. The highest BCUT2D eigenvalue weighted by molar-refractivity contribution is 5.94. The predicted octanol–water partition coefficient (Wildman–Crippen LogP) is 7.64. The molecule has 3 heterocycles. The summed E-state index contributed by atoms with van der Waals surface area (Å²) in [4.78, 5) is 127. The monoisotopic (exact) mass is 1140 g/mol. The van der Waals surface area contributed by atoms with Crippen molar-refractivity contribution in [3.8, 4) is 0 Å². The van der Waals surface area contributed by atoms with Gasteiger partial charge in [-0.15, -0.1) is 0 Å². The average molecular weight is 1140 g/mol. The van der Waals surface area contributed by atoms with E-state index in [0.29, 0.717) is 11.1 Å². The number of carbonyl (C=O) groups is 8. The van der Waals surface area contributed by atoms with Crippen molar-refractivity contribution < 1.29 is 57.3 Å². The number of benzene rings is 2. The van der Waals surface area contributed by atoms with Gasteiger partial charge < -0.3 is 38.5 Å². The molecule has 0 unspecified atom stereocenters. The number of hydrogen-bond donors (Lipinski definition) is 0. The maximum Gasteiger partial charge on any atom is 0.329 e. The van der Waals surface area contributed by atoms with E-state index in [4.69, 9.17) is 18.9 Å². The fourth-order valence-corrected chi connectivity index (χ4v) is 11.2. The number of carbonyl (C=O) groups excluding carboxylic acids is 8. The van der Waals surface area contributed by atoms with Gasteiger partial charge in [0.1, 0.15) is 24.2 Å². The van der Waals surface area contributed by atoms with Crippen LogP contribution in [0.1, 0.15) is 156 Å². The number of likely N-dealkylation sites (N-methyl/N-ethyl adjacent to an activating group) is 4. The number of amides is 4. The van der Waals surface area contributed by atoms with Crippen LogP contribution < -0.4 is 0 Å². The van der Waals surface area contributed by atoms with Crippen molar-refractivity contribution in [1.82, 2.24) is 29.4 Å². The molecule has 4 amide bonds. The Labute approximate surface area is 489 Å². The standard InChI is InChI=1S/C64H98N6O12/c1-41(2)33-51-61(75)79-45(9)57(71)65(11)54(36-44(7)8)64(78)82-56(38-48-23-27-50(28-24-48)40-70-31-19-16-20-32-70)60(74)68(14)52(34-42(3)4)62(76)80-46(10)58(72)66(12)53(35-43(5)6)63(77)81-55(59(73)67(51)13)37-47-21-25-49(26-22-47)39-69-29-17-15-18-30-69/h21-28,41-46,51-56H,15-20,29-40H2,1-14H3/t45-,46-,51+,52+,53+,54+,55-,56-/m1/s1. The zero-order valence-electron chi connectivity index (χ0n) is 51.9. The number of cyclic esters (lactones) is 4. The quantitative estimate of drug-likeness (QED) is 0.118. The Hall–Kier alpha value is -5.88. The van der Waals surface area contributed by atoms with Crippen LogP contribution in [0.2, 0.25) is 0 Å². The van der Waals surface area contributed by atoms with Crippen molar-refractivity contribution in [3.63, 3.8) is 0 Å². The van der Waals surface area contributed by atoms with Crippen LogP contribution in [0, 0.1) is 23.7 Å². The first-order valence-electron chi connectivity index (χ1n) is 30.2. The van der Waals surface area contributed by atoms with Gasteiger partial charge in [0.05, 0.1) is 0 Å². The van der Waals surface area contributed by atoms with Crippen LogP contribution in [0.15, 0.2) is 48.5 Å². The number of piperidine rings is 2. The largest absolute Gasteiger partial charge is 0.451 e. The molecule has 8 atom stereocenters. The SMILES string of the molecule is CC(C)C[C@H]1C(=O)O[C@H](Cc2ccc(CN3CCCCC3)cc2)C(=O)N(C)[C@@H](CC(C)C)C(=O)O[C@H](C)C(=O)N(C)[C@@H](CC(C)C)C(=O)O[C@H](Cc2ccc(CN3CCCCC3)cc2)C(=O)N(C)[C@@H](CC(C)C)C(=O)O[C@H](C)C(=O)N1C. The third-order valence-corrected chi connectivity index (χ3v) is 16.1. The van der Waals surface area contributed by atoms with Crippen LogP contribution in [-0.4, -0.2) is 180 Å². The highest BCUT2D eigenvalue weighted by Crippen LogP contribution is 2.25. The van der Waals surface area contributed by atoms with Gasteiger partial charge in [0, 0.05) is 54.1 Å². The van der Waals surface area contributed by atoms with Crippen molar-refractivity contribution in [3.05, 3.63) is 70.8 Å². The molecule has 0 N–H and O–H groups in total. The molecule has 2 aromatic carbocycles. The predicted molar refractivity (Wildman–Crippen MR) is 313 cm³/mol. The molecule has 18 heteroatoms. The van der Waals surface area contributed by atoms with Crippen LogP contribution >= 0.6 is 0 Å². The minimum atomic E-state index is -1.49. The van der Waals surface area contributed by atoms with Gasteiger partial charge in [-0.05, 0) is 137 Å². The van der Waals surface area contributed by atoms with E-state index < -0.39 is 96.1 Å². The fourth-order valence-electron chi connectivity index (χ4n) is 11.2. The minimum absolute atomic E-state index is 0.0784. The number of nitrogens with zero attached hydrogens (tertiary/aromatic N) is 6. The summed E-state index contributed by atoms with van der Waals surface area (Å²) < 4.78 is 24.4. The van der Waals surface area contributed by atoms with Crippen LogP contribution in [0.25, 0.3) is 0 Å². The third-order valence-electron chi connectivity index (χ3n) is 16.1. The molecule has 3 aliphatic heterocycles. The van der Waals surface area contributed by atoms with E-state index >= 15 is 9.59 Å². The molecule has 2 aromatic rings. The van der Waals surface area contributed by atoms with Gasteiger partial charge >= 0.3 is 23.9 Å². The molecule has 0 spiro atoms. The first-order valence-corrected chi connectivity index (χ1v) is 30.2. The Morgan fingerprint density at radius 3 is 0.878 bits per heavy atom. The molecule has 3 fully saturated rings. The fraction of sp³-hybridized carbons (Fsp3) is 0.688. The molecule has 0 aromatic heterocycles. The Morgan fingerprint density at radius 1 is 0.366 bits per heavy atom. The number of ether oxygens (including phenoxy) is 4. The van der Waals surface area contributed by atoms with Gasteiger partial charge in [-0.1, -0.05) is 117 Å². The summed E-state index contributed by atoms with van der Waals surface area (Å²) in [5.74, 6) is -7.07. The van der Waals surface area contributed by atoms with Gasteiger partial charge in [0.2, 0.25) is 0 Å². The van der Waals surface area contributed by atoms with E-state index in [9.17, 15) is 28.8 Å². The zero-order valence-corrected chi connectivity index (χ0v) is 51.9. The lowest BCUT2D eigenvalue weighted by atomic mass is 9.99. The Morgan fingerprint density at radius 2 is 0.610 bits per heavy atom. The lowest BCUT2D eigenvalue weighted by molar-refractivity contribution is -0.176. The molecule has 0 saturated carbocycles. The molecular formula is C64H98N6O12. The van der Waals surface area contributed by atoms with Crippen molar-refractivity contribution in [2.75, 3.05) is 54.4 Å². The van der Waals surface area contributed by atoms with E-state index in [1.165, 1.54) is 74.5 Å². The summed E-state index contributed by atoms with van der Waals surface area (Å²) in [6, 6.07) is 10.5. The summed E-state index contributed by atoms with van der Waals surface area (Å²) in [5.41, 5.74) is 3.54. The molecule has 5 rings (SSSR count). The van der Waals surface area contributed by atoms with Gasteiger partial charge in [-0.25, -0.2) is 19.2 Å². The van der Waals surface area contributed by atoms with Crippen molar-refractivity contribution in [2.45, 2.75) is 208 Å². The minimum Gasteiger partial charge on any atom is -0.451 e. The van der Waals surface area contributed by atoms with Crippen molar-refractivity contribution >= 4 is 47.5 Å². The van der Waals surface area contributed by atoms with E-state index in [2.05, 4.69) is 9.80 Å².